The van der Waals surface area contributed by atoms with Crippen molar-refractivity contribution in [2.75, 3.05) is 14.1 Å². The van der Waals surface area contributed by atoms with Gasteiger partial charge in [0.15, 0.2) is 0 Å². The van der Waals surface area contributed by atoms with Crippen LogP contribution < -0.4 is 0 Å². The van der Waals surface area contributed by atoms with Crippen LogP contribution in [0.5, 0.6) is 0 Å². The number of rotatable bonds is 1. The lowest BCUT2D eigenvalue weighted by Crippen LogP contribution is -2.43. The van der Waals surface area contributed by atoms with Gasteiger partial charge >= 0.3 is 0 Å². The molecule has 0 bridgehead atoms. The summed E-state index contributed by atoms with van der Waals surface area (Å²) in [6, 6.07) is 0.160. The molecule has 2 heteroatoms. The summed E-state index contributed by atoms with van der Waals surface area (Å²) in [5.41, 5.74) is 0.342. The maximum absolute atomic E-state index is 11.7. The Balaban J connectivity index is 2.67. The molecular formula is C12H23NO. The van der Waals surface area contributed by atoms with Crippen molar-refractivity contribution in [2.24, 2.45) is 11.3 Å². The van der Waals surface area contributed by atoms with E-state index in [9.17, 15) is 4.79 Å². The first-order chi connectivity index (χ1) is 6.32. The van der Waals surface area contributed by atoms with Crippen molar-refractivity contribution in [3.8, 4) is 0 Å². The van der Waals surface area contributed by atoms with Gasteiger partial charge in [-0.3, -0.25) is 9.69 Å². The van der Waals surface area contributed by atoms with E-state index in [2.05, 4.69) is 25.7 Å². The monoisotopic (exact) mass is 197 g/mol. The standard InChI is InChI=1S/C12H23NO/c1-12(2,3)9-6-7-11(14)10(8-9)13(4)5/h9-10H,6-8H2,1-5H3/t9-,10-/m0/s1. The molecule has 1 aliphatic rings. The van der Waals surface area contributed by atoms with Crippen LogP contribution in [0.4, 0.5) is 0 Å². The minimum absolute atomic E-state index is 0.160. The summed E-state index contributed by atoms with van der Waals surface area (Å²) in [4.78, 5) is 13.7. The Morgan fingerprint density at radius 2 is 1.86 bits per heavy atom. The van der Waals surface area contributed by atoms with Crippen molar-refractivity contribution in [2.45, 2.75) is 46.1 Å². The summed E-state index contributed by atoms with van der Waals surface area (Å²) in [5.74, 6) is 1.11. The molecule has 2 atom stereocenters. The maximum atomic E-state index is 11.7. The summed E-state index contributed by atoms with van der Waals surface area (Å²) in [5, 5.41) is 0. The van der Waals surface area contributed by atoms with Crippen LogP contribution >= 0.6 is 0 Å². The summed E-state index contributed by atoms with van der Waals surface area (Å²) < 4.78 is 0. The van der Waals surface area contributed by atoms with Crippen LogP contribution in [0.1, 0.15) is 40.0 Å². The molecule has 0 saturated heterocycles. The molecule has 2 nitrogen and oxygen atoms in total. The summed E-state index contributed by atoms with van der Waals surface area (Å²) >= 11 is 0. The van der Waals surface area contributed by atoms with E-state index < -0.39 is 0 Å². The molecule has 0 aromatic carbocycles. The van der Waals surface area contributed by atoms with E-state index >= 15 is 0 Å². The summed E-state index contributed by atoms with van der Waals surface area (Å²) in [7, 11) is 4.02. The van der Waals surface area contributed by atoms with Crippen molar-refractivity contribution in [1.82, 2.24) is 4.90 Å². The SMILES string of the molecule is CN(C)[C@H]1C[C@@H](C(C)(C)C)CCC1=O. The minimum atomic E-state index is 0.160. The fourth-order valence-corrected chi connectivity index (χ4v) is 2.29. The fourth-order valence-electron chi connectivity index (χ4n) is 2.29. The smallest absolute Gasteiger partial charge is 0.149 e. The van der Waals surface area contributed by atoms with E-state index in [-0.39, 0.29) is 6.04 Å². The van der Waals surface area contributed by atoms with Gasteiger partial charge in [-0.05, 0) is 38.3 Å². The molecular weight excluding hydrogens is 174 g/mol. The van der Waals surface area contributed by atoms with Crippen molar-refractivity contribution in [3.05, 3.63) is 0 Å². The molecule has 14 heavy (non-hydrogen) atoms. The molecule has 1 rings (SSSR count). The van der Waals surface area contributed by atoms with Gasteiger partial charge in [-0.25, -0.2) is 0 Å². The molecule has 0 amide bonds. The van der Waals surface area contributed by atoms with Crippen molar-refractivity contribution in [3.63, 3.8) is 0 Å². The zero-order valence-electron chi connectivity index (χ0n) is 10.1. The van der Waals surface area contributed by atoms with Gasteiger partial charge < -0.3 is 0 Å². The molecule has 1 fully saturated rings. The van der Waals surface area contributed by atoms with E-state index in [0.29, 0.717) is 17.1 Å². The average molecular weight is 197 g/mol. The van der Waals surface area contributed by atoms with Gasteiger partial charge in [-0.2, -0.15) is 0 Å². The number of nitrogens with zero attached hydrogens (tertiary/aromatic N) is 1. The van der Waals surface area contributed by atoms with Crippen LogP contribution in [0.15, 0.2) is 0 Å². The lowest BCUT2D eigenvalue weighted by molar-refractivity contribution is -0.127. The number of hydrogen-bond donors (Lipinski definition) is 0. The Hall–Kier alpha value is -0.370. The van der Waals surface area contributed by atoms with Crippen LogP contribution in [0.25, 0.3) is 0 Å². The third-order valence-corrected chi connectivity index (χ3v) is 3.47. The number of carbonyl (C=O) groups excluding carboxylic acids is 1. The van der Waals surface area contributed by atoms with Crippen molar-refractivity contribution >= 4 is 5.78 Å². The van der Waals surface area contributed by atoms with Gasteiger partial charge in [0.2, 0.25) is 0 Å². The number of hydrogen-bond acceptors (Lipinski definition) is 2. The topological polar surface area (TPSA) is 20.3 Å². The zero-order valence-corrected chi connectivity index (χ0v) is 10.1. The van der Waals surface area contributed by atoms with E-state index in [4.69, 9.17) is 0 Å². The first kappa shape index (κ1) is 11.7. The fraction of sp³-hybridized carbons (Fsp3) is 0.917. The Morgan fingerprint density at radius 3 is 2.29 bits per heavy atom. The zero-order chi connectivity index (χ0) is 10.9. The van der Waals surface area contributed by atoms with Crippen molar-refractivity contribution in [1.29, 1.82) is 0 Å². The third-order valence-electron chi connectivity index (χ3n) is 3.47. The van der Waals surface area contributed by atoms with Crippen LogP contribution in [0, 0.1) is 11.3 Å². The molecule has 82 valence electrons. The van der Waals surface area contributed by atoms with Gasteiger partial charge in [0.25, 0.3) is 0 Å². The Bertz CT molecular complexity index is 215. The van der Waals surface area contributed by atoms with E-state index in [0.717, 1.165) is 19.3 Å². The van der Waals surface area contributed by atoms with Crippen LogP contribution in [-0.4, -0.2) is 30.8 Å². The minimum Gasteiger partial charge on any atom is -0.300 e. The lowest BCUT2D eigenvalue weighted by atomic mass is 9.70. The normalized spacial score (nSPS) is 29.7. The number of ketones is 1. The highest BCUT2D eigenvalue weighted by Gasteiger charge is 2.35. The van der Waals surface area contributed by atoms with Crippen LogP contribution in [0.2, 0.25) is 0 Å². The molecule has 0 aromatic heterocycles. The molecule has 0 spiro atoms. The Kier molecular flexibility index (Phi) is 3.36. The molecule has 0 heterocycles. The highest BCUT2D eigenvalue weighted by Crippen LogP contribution is 2.37. The second-order valence-electron chi connectivity index (χ2n) is 5.78. The van der Waals surface area contributed by atoms with Gasteiger partial charge in [0.05, 0.1) is 6.04 Å². The predicted molar refractivity (Wildman–Crippen MR) is 59.3 cm³/mol. The van der Waals surface area contributed by atoms with Crippen molar-refractivity contribution < 1.29 is 4.79 Å². The second kappa shape index (κ2) is 4.01. The first-order valence-corrected chi connectivity index (χ1v) is 5.51. The van der Waals surface area contributed by atoms with Gasteiger partial charge in [0.1, 0.15) is 5.78 Å². The molecule has 0 radical (unpaired) electrons. The predicted octanol–water partition coefficient (Wildman–Crippen LogP) is 2.33. The molecule has 1 aliphatic carbocycles. The van der Waals surface area contributed by atoms with E-state index in [1.54, 1.807) is 0 Å². The number of carbonyl (C=O) groups is 1. The van der Waals surface area contributed by atoms with Gasteiger partial charge in [-0.15, -0.1) is 0 Å². The quantitative estimate of drug-likeness (QED) is 0.643. The van der Waals surface area contributed by atoms with E-state index in [1.807, 2.05) is 14.1 Å². The average Bonchev–Trinajstić information content (AvgIpc) is 2.02. The lowest BCUT2D eigenvalue weighted by Gasteiger charge is -2.39. The Morgan fingerprint density at radius 1 is 1.29 bits per heavy atom. The highest BCUT2D eigenvalue weighted by molar-refractivity contribution is 5.84. The van der Waals surface area contributed by atoms with Gasteiger partial charge in [0, 0.05) is 6.42 Å². The number of likely N-dealkylation sites (N-methyl/N-ethyl adjacent to an activating group) is 1. The summed E-state index contributed by atoms with van der Waals surface area (Å²) in [6.45, 7) is 6.83. The molecule has 1 saturated carbocycles. The van der Waals surface area contributed by atoms with Crippen LogP contribution in [0.3, 0.4) is 0 Å². The largest absolute Gasteiger partial charge is 0.300 e. The maximum Gasteiger partial charge on any atom is 0.149 e. The highest BCUT2D eigenvalue weighted by atomic mass is 16.1. The van der Waals surface area contributed by atoms with E-state index in [1.165, 1.54) is 0 Å². The first-order valence-electron chi connectivity index (χ1n) is 5.51. The van der Waals surface area contributed by atoms with Crippen LogP contribution in [-0.2, 0) is 4.79 Å². The molecule has 0 unspecified atom stereocenters. The third kappa shape index (κ3) is 2.57. The summed E-state index contributed by atoms with van der Waals surface area (Å²) in [6.07, 6.45) is 2.88. The number of Topliss-reactive ketones (excluding diaryl/α,β-unsaturated/α-hetero) is 1. The van der Waals surface area contributed by atoms with Gasteiger partial charge in [-0.1, -0.05) is 20.8 Å². The second-order valence-corrected chi connectivity index (χ2v) is 5.78. The Labute approximate surface area is 87.7 Å². The molecule has 0 aromatic rings. The molecule has 0 N–H and O–H groups in total. The molecule has 0 aliphatic heterocycles.